The van der Waals surface area contributed by atoms with Crippen LogP contribution in [0.2, 0.25) is 5.02 Å². The van der Waals surface area contributed by atoms with E-state index in [2.05, 4.69) is 37.7 Å². The number of carbonyl (C=O) groups is 1. The van der Waals surface area contributed by atoms with Gasteiger partial charge in [0.2, 0.25) is 5.91 Å². The highest BCUT2D eigenvalue weighted by molar-refractivity contribution is 7.99. The molecule has 1 N–H and O–H groups in total. The molecule has 0 aliphatic heterocycles. The van der Waals surface area contributed by atoms with Crippen LogP contribution in [0.25, 0.3) is 5.69 Å². The van der Waals surface area contributed by atoms with E-state index in [4.69, 9.17) is 11.6 Å². The molecule has 8 nitrogen and oxygen atoms in total. The molecule has 2 heterocycles. The molecular formula is C21H20ClN7OS. The van der Waals surface area contributed by atoms with Gasteiger partial charge in [0, 0.05) is 18.0 Å². The molecule has 0 atom stereocenters. The van der Waals surface area contributed by atoms with Crippen molar-refractivity contribution in [3.05, 3.63) is 77.6 Å². The fourth-order valence-corrected chi connectivity index (χ4v) is 4.10. The molecule has 0 radical (unpaired) electrons. The molecule has 158 valence electrons. The van der Waals surface area contributed by atoms with E-state index in [-0.39, 0.29) is 11.7 Å². The van der Waals surface area contributed by atoms with Crippen molar-refractivity contribution in [2.24, 2.45) is 0 Å². The summed E-state index contributed by atoms with van der Waals surface area (Å²) in [6.45, 7) is 2.77. The molecule has 0 saturated carbocycles. The van der Waals surface area contributed by atoms with Gasteiger partial charge in [-0.2, -0.15) is 5.10 Å². The summed E-state index contributed by atoms with van der Waals surface area (Å²) < 4.78 is 3.60. The molecule has 1 amide bonds. The lowest BCUT2D eigenvalue weighted by Crippen LogP contribution is -2.16. The van der Waals surface area contributed by atoms with Crippen LogP contribution in [-0.4, -0.2) is 41.2 Å². The largest absolute Gasteiger partial charge is 0.323 e. The molecule has 4 rings (SSSR count). The van der Waals surface area contributed by atoms with E-state index in [1.165, 1.54) is 23.7 Å². The molecule has 0 aliphatic carbocycles. The molecule has 4 aromatic rings. The summed E-state index contributed by atoms with van der Waals surface area (Å²) in [7, 11) is 0. The first-order valence-corrected chi connectivity index (χ1v) is 11.0. The molecule has 31 heavy (non-hydrogen) atoms. The third-order valence-corrected chi connectivity index (χ3v) is 5.75. The van der Waals surface area contributed by atoms with Crippen LogP contribution in [0.1, 0.15) is 18.3 Å². The van der Waals surface area contributed by atoms with Gasteiger partial charge in [0.15, 0.2) is 5.16 Å². The molecular weight excluding hydrogens is 434 g/mol. The third-order valence-electron chi connectivity index (χ3n) is 4.55. The van der Waals surface area contributed by atoms with Crippen molar-refractivity contribution in [3.8, 4) is 5.69 Å². The monoisotopic (exact) mass is 453 g/mol. The van der Waals surface area contributed by atoms with E-state index in [9.17, 15) is 4.79 Å². The number of anilines is 1. The highest BCUT2D eigenvalue weighted by atomic mass is 35.5. The number of thioether (sulfide) groups is 1. The van der Waals surface area contributed by atoms with Gasteiger partial charge in [0.25, 0.3) is 0 Å². The summed E-state index contributed by atoms with van der Waals surface area (Å²) in [6.07, 6.45) is 3.69. The number of benzene rings is 2. The number of amides is 1. The molecule has 2 aromatic heterocycles. The molecule has 2 aromatic carbocycles. The van der Waals surface area contributed by atoms with E-state index in [1.54, 1.807) is 29.2 Å². The fraction of sp³-hybridized carbons (Fsp3) is 0.190. The zero-order chi connectivity index (χ0) is 21.6. The number of halogens is 1. The van der Waals surface area contributed by atoms with Crippen molar-refractivity contribution in [1.82, 2.24) is 29.5 Å². The van der Waals surface area contributed by atoms with Crippen molar-refractivity contribution in [3.63, 3.8) is 0 Å². The van der Waals surface area contributed by atoms with Crippen LogP contribution in [0.4, 0.5) is 5.69 Å². The number of aromatic nitrogens is 6. The Balaban J connectivity index is 1.44. The number of hydrogen-bond donors (Lipinski definition) is 1. The van der Waals surface area contributed by atoms with Crippen LogP contribution >= 0.6 is 23.4 Å². The fourth-order valence-electron chi connectivity index (χ4n) is 3.11. The Labute approximate surface area is 188 Å². The number of nitrogens with one attached hydrogen (secondary N) is 1. The maximum atomic E-state index is 12.6. The van der Waals surface area contributed by atoms with Crippen molar-refractivity contribution >= 4 is 35.0 Å². The Kier molecular flexibility index (Phi) is 6.63. The molecule has 0 fully saturated rings. The zero-order valence-corrected chi connectivity index (χ0v) is 18.3. The van der Waals surface area contributed by atoms with Gasteiger partial charge in [-0.1, -0.05) is 53.7 Å². The van der Waals surface area contributed by atoms with Crippen LogP contribution in [0.3, 0.4) is 0 Å². The molecule has 10 heteroatoms. The van der Waals surface area contributed by atoms with Crippen molar-refractivity contribution < 1.29 is 4.79 Å². The Bertz CT molecular complexity index is 1160. The van der Waals surface area contributed by atoms with Gasteiger partial charge in [-0.05, 0) is 30.7 Å². The van der Waals surface area contributed by atoms with Crippen LogP contribution in [0.15, 0.2) is 66.3 Å². The Morgan fingerprint density at radius 2 is 2.00 bits per heavy atom. The summed E-state index contributed by atoms with van der Waals surface area (Å²) in [5.41, 5.74) is 2.41. The van der Waals surface area contributed by atoms with Gasteiger partial charge in [-0.3, -0.25) is 4.79 Å². The summed E-state index contributed by atoms with van der Waals surface area (Å²) in [4.78, 5) is 16.6. The summed E-state index contributed by atoms with van der Waals surface area (Å²) >= 11 is 7.47. The van der Waals surface area contributed by atoms with Gasteiger partial charge in [-0.15, -0.1) is 10.2 Å². The number of hydrogen-bond acceptors (Lipinski definition) is 6. The van der Waals surface area contributed by atoms with Gasteiger partial charge < -0.3 is 9.88 Å². The van der Waals surface area contributed by atoms with E-state index < -0.39 is 0 Å². The second kappa shape index (κ2) is 9.76. The highest BCUT2D eigenvalue weighted by Gasteiger charge is 2.15. The van der Waals surface area contributed by atoms with Gasteiger partial charge >= 0.3 is 0 Å². The minimum atomic E-state index is -0.177. The quantitative estimate of drug-likeness (QED) is 0.407. The average molecular weight is 454 g/mol. The minimum Gasteiger partial charge on any atom is -0.323 e. The number of carbonyl (C=O) groups excluding carboxylic acids is 1. The van der Waals surface area contributed by atoms with Crippen LogP contribution in [-0.2, 0) is 17.8 Å². The molecule has 0 unspecified atom stereocenters. The highest BCUT2D eigenvalue weighted by Crippen LogP contribution is 2.25. The van der Waals surface area contributed by atoms with Crippen molar-refractivity contribution in [2.45, 2.75) is 25.0 Å². The van der Waals surface area contributed by atoms with Crippen molar-refractivity contribution in [2.75, 3.05) is 11.1 Å². The second-order valence-electron chi connectivity index (χ2n) is 6.64. The predicted octanol–water partition coefficient (Wildman–Crippen LogP) is 3.85. The maximum absolute atomic E-state index is 12.6. The molecule has 0 aliphatic rings. The lowest BCUT2D eigenvalue weighted by Gasteiger charge is -2.11. The van der Waals surface area contributed by atoms with Gasteiger partial charge in [0.05, 0.1) is 17.1 Å². The molecule has 0 bridgehead atoms. The van der Waals surface area contributed by atoms with Gasteiger partial charge in [-0.25, -0.2) is 9.67 Å². The average Bonchev–Trinajstić information content (AvgIpc) is 3.43. The first-order valence-electron chi connectivity index (χ1n) is 9.67. The minimum absolute atomic E-state index is 0.177. The zero-order valence-electron chi connectivity index (χ0n) is 16.8. The smallest absolute Gasteiger partial charge is 0.234 e. The van der Waals surface area contributed by atoms with Crippen LogP contribution in [0, 0.1) is 0 Å². The van der Waals surface area contributed by atoms with Crippen LogP contribution in [0.5, 0.6) is 0 Å². The lowest BCUT2D eigenvalue weighted by molar-refractivity contribution is -0.113. The van der Waals surface area contributed by atoms with E-state index >= 15 is 0 Å². The van der Waals surface area contributed by atoms with E-state index in [0.29, 0.717) is 28.0 Å². The van der Waals surface area contributed by atoms with Crippen molar-refractivity contribution in [1.29, 1.82) is 0 Å². The van der Waals surface area contributed by atoms with E-state index in [0.717, 1.165) is 12.4 Å². The van der Waals surface area contributed by atoms with Crippen LogP contribution < -0.4 is 5.32 Å². The Hall–Kier alpha value is -3.17. The SMILES string of the molecule is CCn1c(Cc2ccccc2)nnc1SCC(=O)Nc1cc(Cl)ccc1-n1cncn1. The Morgan fingerprint density at radius 3 is 2.74 bits per heavy atom. The molecule has 0 saturated heterocycles. The first-order chi connectivity index (χ1) is 15.1. The number of rotatable bonds is 8. The maximum Gasteiger partial charge on any atom is 0.234 e. The Morgan fingerprint density at radius 1 is 1.16 bits per heavy atom. The second-order valence-corrected chi connectivity index (χ2v) is 8.02. The summed E-state index contributed by atoms with van der Waals surface area (Å²) in [6, 6.07) is 15.3. The standard InChI is InChI=1S/C21H20ClN7OS/c1-2-28-19(10-15-6-4-3-5-7-15)26-27-21(28)31-12-20(30)25-17-11-16(22)8-9-18(17)29-14-23-13-24-29/h3-9,11,13-14H,2,10,12H2,1H3,(H,25,30). The lowest BCUT2D eigenvalue weighted by atomic mass is 10.1. The topological polar surface area (TPSA) is 90.5 Å². The predicted molar refractivity (Wildman–Crippen MR) is 121 cm³/mol. The number of nitrogens with zero attached hydrogens (tertiary/aromatic N) is 6. The third kappa shape index (κ3) is 5.12. The van der Waals surface area contributed by atoms with Gasteiger partial charge in [0.1, 0.15) is 18.5 Å². The summed E-state index contributed by atoms with van der Waals surface area (Å²) in [5, 5.41) is 16.9. The normalized spacial score (nSPS) is 10.9. The molecule has 0 spiro atoms. The van der Waals surface area contributed by atoms with E-state index in [1.807, 2.05) is 29.7 Å². The summed E-state index contributed by atoms with van der Waals surface area (Å²) in [5.74, 6) is 0.885. The first kappa shape index (κ1) is 21.1.